The molecule has 8 nitrogen and oxygen atoms in total. The molecule has 0 bridgehead atoms. The highest BCUT2D eigenvalue weighted by molar-refractivity contribution is 6.00. The van der Waals surface area contributed by atoms with Crippen molar-refractivity contribution in [2.75, 3.05) is 13.7 Å². The van der Waals surface area contributed by atoms with Gasteiger partial charge >= 0.3 is 11.7 Å². The zero-order valence-corrected chi connectivity index (χ0v) is 11.9. The van der Waals surface area contributed by atoms with Gasteiger partial charge in [0.05, 0.1) is 24.2 Å². The van der Waals surface area contributed by atoms with Crippen molar-refractivity contribution in [3.05, 3.63) is 33.9 Å². The summed E-state index contributed by atoms with van der Waals surface area (Å²) in [7, 11) is 1.20. The molecule has 1 atom stereocenters. The molecule has 1 aromatic carbocycles. The van der Waals surface area contributed by atoms with Crippen LogP contribution >= 0.6 is 0 Å². The summed E-state index contributed by atoms with van der Waals surface area (Å²) in [6.45, 7) is 3.26. The summed E-state index contributed by atoms with van der Waals surface area (Å²) in [6.07, 6.45) is 0. The van der Waals surface area contributed by atoms with Crippen molar-refractivity contribution in [3.8, 4) is 5.75 Å². The molecule has 0 heterocycles. The Hall–Kier alpha value is -2.64. The lowest BCUT2D eigenvalue weighted by atomic mass is 10.1. The first-order valence-corrected chi connectivity index (χ1v) is 6.21. The highest BCUT2D eigenvalue weighted by atomic mass is 16.6. The molecule has 0 aliphatic rings. The van der Waals surface area contributed by atoms with E-state index in [0.29, 0.717) is 0 Å². The summed E-state index contributed by atoms with van der Waals surface area (Å²) in [6, 6.07) is 3.12. The number of nitro groups is 1. The fourth-order valence-corrected chi connectivity index (χ4v) is 1.65. The number of ether oxygens (including phenoxy) is 2. The second-order valence-electron chi connectivity index (χ2n) is 4.06. The van der Waals surface area contributed by atoms with Crippen molar-refractivity contribution in [2.45, 2.75) is 19.9 Å². The van der Waals surface area contributed by atoms with Crippen molar-refractivity contribution in [3.63, 3.8) is 0 Å². The van der Waals surface area contributed by atoms with Crippen molar-refractivity contribution in [1.82, 2.24) is 5.32 Å². The molecule has 21 heavy (non-hydrogen) atoms. The maximum Gasteiger partial charge on any atom is 0.328 e. The van der Waals surface area contributed by atoms with Gasteiger partial charge in [0.15, 0.2) is 0 Å². The van der Waals surface area contributed by atoms with Gasteiger partial charge in [0.2, 0.25) is 5.75 Å². The van der Waals surface area contributed by atoms with Crippen LogP contribution < -0.4 is 10.1 Å². The molecule has 1 N–H and O–H groups in total. The zero-order valence-electron chi connectivity index (χ0n) is 11.9. The van der Waals surface area contributed by atoms with E-state index in [2.05, 4.69) is 10.1 Å². The predicted molar refractivity (Wildman–Crippen MR) is 73.2 cm³/mol. The molecule has 0 fully saturated rings. The minimum Gasteiger partial charge on any atom is -0.487 e. The number of hydrogen-bond acceptors (Lipinski definition) is 6. The lowest BCUT2D eigenvalue weighted by Crippen LogP contribution is -2.39. The summed E-state index contributed by atoms with van der Waals surface area (Å²) in [4.78, 5) is 33.7. The van der Waals surface area contributed by atoms with Crippen LogP contribution in [0.25, 0.3) is 0 Å². The number of benzene rings is 1. The average Bonchev–Trinajstić information content (AvgIpc) is 2.46. The van der Waals surface area contributed by atoms with E-state index in [9.17, 15) is 19.7 Å². The number of nitrogens with one attached hydrogen (secondary N) is 1. The summed E-state index contributed by atoms with van der Waals surface area (Å²) in [5.74, 6) is -1.40. The minimum absolute atomic E-state index is 0.0122. The summed E-state index contributed by atoms with van der Waals surface area (Å²) in [5.41, 5.74) is -0.322. The molecule has 0 aliphatic heterocycles. The van der Waals surface area contributed by atoms with Crippen molar-refractivity contribution in [1.29, 1.82) is 0 Å². The average molecular weight is 296 g/mol. The fraction of sp³-hybridized carbons (Fsp3) is 0.385. The van der Waals surface area contributed by atoms with E-state index in [4.69, 9.17) is 4.74 Å². The molecule has 0 radical (unpaired) electrons. The van der Waals surface area contributed by atoms with E-state index in [1.807, 2.05) is 0 Å². The molecule has 0 saturated heterocycles. The smallest absolute Gasteiger partial charge is 0.328 e. The molecule has 1 rings (SSSR count). The molecule has 0 saturated carbocycles. The molecule has 114 valence electrons. The minimum atomic E-state index is -0.878. The second kappa shape index (κ2) is 7.22. The van der Waals surface area contributed by atoms with Crippen molar-refractivity contribution >= 4 is 17.6 Å². The van der Waals surface area contributed by atoms with E-state index >= 15 is 0 Å². The molecule has 1 unspecified atom stereocenters. The number of esters is 1. The van der Waals surface area contributed by atoms with Gasteiger partial charge in [-0.3, -0.25) is 14.9 Å². The van der Waals surface area contributed by atoms with Gasteiger partial charge in [0.1, 0.15) is 6.04 Å². The Bertz CT molecular complexity index is 558. The Kier molecular flexibility index (Phi) is 5.65. The van der Waals surface area contributed by atoms with Gasteiger partial charge in [-0.1, -0.05) is 6.07 Å². The lowest BCUT2D eigenvalue weighted by Gasteiger charge is -2.14. The Morgan fingerprint density at radius 2 is 2.10 bits per heavy atom. The molecule has 0 spiro atoms. The molecular formula is C13H16N2O6. The normalized spacial score (nSPS) is 11.4. The van der Waals surface area contributed by atoms with Gasteiger partial charge < -0.3 is 14.8 Å². The van der Waals surface area contributed by atoms with Crippen LogP contribution in [0.2, 0.25) is 0 Å². The second-order valence-corrected chi connectivity index (χ2v) is 4.06. The first-order valence-electron chi connectivity index (χ1n) is 6.21. The van der Waals surface area contributed by atoms with Crippen LogP contribution in [0.3, 0.4) is 0 Å². The van der Waals surface area contributed by atoms with Crippen LogP contribution in [-0.4, -0.2) is 36.6 Å². The van der Waals surface area contributed by atoms with Gasteiger partial charge in [0, 0.05) is 6.07 Å². The van der Waals surface area contributed by atoms with Crippen molar-refractivity contribution < 1.29 is 24.0 Å². The third kappa shape index (κ3) is 3.91. The number of amides is 1. The quantitative estimate of drug-likeness (QED) is 0.481. The van der Waals surface area contributed by atoms with Crippen molar-refractivity contribution in [2.24, 2.45) is 0 Å². The summed E-state index contributed by atoms with van der Waals surface area (Å²) >= 11 is 0. The SMILES string of the molecule is CCOc1c(C(=O)NC(C)C(=O)OC)cccc1[N+](=O)[O-]. The maximum atomic E-state index is 12.1. The molecule has 0 aliphatic carbocycles. The molecule has 1 amide bonds. The lowest BCUT2D eigenvalue weighted by molar-refractivity contribution is -0.385. The Balaban J connectivity index is 3.11. The number of rotatable bonds is 6. The molecular weight excluding hydrogens is 280 g/mol. The van der Waals surface area contributed by atoms with E-state index in [-0.39, 0.29) is 23.6 Å². The highest BCUT2D eigenvalue weighted by Crippen LogP contribution is 2.30. The Morgan fingerprint density at radius 1 is 1.43 bits per heavy atom. The van der Waals surface area contributed by atoms with Crippen LogP contribution in [0.1, 0.15) is 24.2 Å². The molecule has 8 heteroatoms. The van der Waals surface area contributed by atoms with Crippen LogP contribution in [-0.2, 0) is 9.53 Å². The van der Waals surface area contributed by atoms with E-state index in [1.165, 1.54) is 32.2 Å². The Morgan fingerprint density at radius 3 is 2.62 bits per heavy atom. The maximum absolute atomic E-state index is 12.1. The van der Waals surface area contributed by atoms with E-state index < -0.39 is 22.8 Å². The monoisotopic (exact) mass is 296 g/mol. The molecule has 0 aromatic heterocycles. The largest absolute Gasteiger partial charge is 0.487 e. The standard InChI is InChI=1S/C13H16N2O6/c1-4-21-11-9(6-5-7-10(11)15(18)19)12(16)14-8(2)13(17)20-3/h5-8H,4H2,1-3H3,(H,14,16). The number of nitrogens with zero attached hydrogens (tertiary/aromatic N) is 1. The number of carbonyl (C=O) groups excluding carboxylic acids is 2. The summed E-state index contributed by atoms with van der Waals surface area (Å²) < 4.78 is 9.70. The number of methoxy groups -OCH3 is 1. The van der Waals surface area contributed by atoms with E-state index in [1.54, 1.807) is 6.92 Å². The van der Waals surface area contributed by atoms with Crippen LogP contribution in [0.15, 0.2) is 18.2 Å². The van der Waals surface area contributed by atoms with Crippen LogP contribution in [0, 0.1) is 10.1 Å². The number of carbonyl (C=O) groups is 2. The zero-order chi connectivity index (χ0) is 16.0. The van der Waals surface area contributed by atoms with Crippen LogP contribution in [0.5, 0.6) is 5.75 Å². The van der Waals surface area contributed by atoms with Gasteiger partial charge in [-0.25, -0.2) is 4.79 Å². The number of para-hydroxylation sites is 1. The van der Waals surface area contributed by atoms with Gasteiger partial charge in [-0.05, 0) is 19.9 Å². The van der Waals surface area contributed by atoms with Gasteiger partial charge in [-0.15, -0.1) is 0 Å². The first kappa shape index (κ1) is 16.4. The number of nitro benzene ring substituents is 1. The van der Waals surface area contributed by atoms with Gasteiger partial charge in [-0.2, -0.15) is 0 Å². The third-order valence-corrected chi connectivity index (χ3v) is 2.63. The van der Waals surface area contributed by atoms with Gasteiger partial charge in [0.25, 0.3) is 5.91 Å². The highest BCUT2D eigenvalue weighted by Gasteiger charge is 2.25. The van der Waals surface area contributed by atoms with Crippen LogP contribution in [0.4, 0.5) is 5.69 Å². The Labute approximate surface area is 121 Å². The van der Waals surface area contributed by atoms with E-state index in [0.717, 1.165) is 0 Å². The fourth-order valence-electron chi connectivity index (χ4n) is 1.65. The predicted octanol–water partition coefficient (Wildman–Crippen LogP) is 1.28. The summed E-state index contributed by atoms with van der Waals surface area (Å²) in [5, 5.41) is 13.4. The first-order chi connectivity index (χ1) is 9.92. The third-order valence-electron chi connectivity index (χ3n) is 2.63. The molecule has 1 aromatic rings. The number of hydrogen-bond donors (Lipinski definition) is 1. The topological polar surface area (TPSA) is 108 Å².